The van der Waals surface area contributed by atoms with E-state index in [1.165, 1.54) is 12.8 Å². The van der Waals surface area contributed by atoms with E-state index in [0.29, 0.717) is 5.92 Å². The monoisotopic (exact) mass is 186 g/mol. The smallest absolute Gasteiger partial charge is 0.195 e. The molecule has 1 saturated heterocycles. The normalized spacial score (nSPS) is 49.6. The zero-order chi connectivity index (χ0) is 9.47. The van der Waals surface area contributed by atoms with Crippen molar-refractivity contribution in [3.8, 4) is 0 Å². The molecule has 3 heteroatoms. The first-order valence-corrected chi connectivity index (χ1v) is 4.99. The van der Waals surface area contributed by atoms with E-state index in [0.717, 1.165) is 6.42 Å². The topological polar surface area (TPSA) is 27.7 Å². The largest absolute Gasteiger partial charge is 0.375 e. The van der Waals surface area contributed by atoms with E-state index in [1.54, 1.807) is 14.2 Å². The zero-order valence-electron chi connectivity index (χ0n) is 8.58. The molecule has 0 aromatic rings. The van der Waals surface area contributed by atoms with Gasteiger partial charge in [0.2, 0.25) is 0 Å². The van der Waals surface area contributed by atoms with Gasteiger partial charge in [0.1, 0.15) is 6.10 Å². The van der Waals surface area contributed by atoms with Gasteiger partial charge in [-0.25, -0.2) is 0 Å². The van der Waals surface area contributed by atoms with Gasteiger partial charge in [-0.15, -0.1) is 0 Å². The van der Waals surface area contributed by atoms with Crippen LogP contribution in [0, 0.1) is 5.92 Å². The fourth-order valence-corrected chi connectivity index (χ4v) is 2.83. The van der Waals surface area contributed by atoms with Gasteiger partial charge in [0.25, 0.3) is 0 Å². The molecule has 0 amide bonds. The third kappa shape index (κ3) is 1.22. The summed E-state index contributed by atoms with van der Waals surface area (Å²) in [6.45, 7) is 2.11. The lowest BCUT2D eigenvalue weighted by Gasteiger charge is -2.36. The van der Waals surface area contributed by atoms with Crippen molar-refractivity contribution in [1.82, 2.24) is 0 Å². The minimum Gasteiger partial charge on any atom is -0.375 e. The van der Waals surface area contributed by atoms with E-state index in [4.69, 9.17) is 14.2 Å². The van der Waals surface area contributed by atoms with Crippen LogP contribution in [0.1, 0.15) is 26.2 Å². The van der Waals surface area contributed by atoms with E-state index in [2.05, 4.69) is 6.92 Å². The van der Waals surface area contributed by atoms with Crippen LogP contribution in [0.15, 0.2) is 0 Å². The Morgan fingerprint density at radius 1 is 1.38 bits per heavy atom. The average Bonchev–Trinajstić information content (AvgIpc) is 2.30. The van der Waals surface area contributed by atoms with Gasteiger partial charge in [0.15, 0.2) is 5.79 Å². The number of ether oxygens (including phenoxy) is 3. The Kier molecular flexibility index (Phi) is 2.34. The van der Waals surface area contributed by atoms with Gasteiger partial charge in [-0.1, -0.05) is 0 Å². The van der Waals surface area contributed by atoms with Crippen LogP contribution >= 0.6 is 0 Å². The summed E-state index contributed by atoms with van der Waals surface area (Å²) in [6.07, 6.45) is 3.74. The van der Waals surface area contributed by atoms with E-state index in [9.17, 15) is 0 Å². The molecule has 0 aromatic heterocycles. The van der Waals surface area contributed by atoms with Gasteiger partial charge in [-0.05, 0) is 19.8 Å². The zero-order valence-corrected chi connectivity index (χ0v) is 8.58. The SMILES string of the molecule is COC1[C@H]2CCC[C@]1(OC)O[C@H]2C. The number of methoxy groups -OCH3 is 2. The van der Waals surface area contributed by atoms with Crippen molar-refractivity contribution in [3.05, 3.63) is 0 Å². The van der Waals surface area contributed by atoms with E-state index in [1.807, 2.05) is 0 Å². The Morgan fingerprint density at radius 3 is 2.69 bits per heavy atom. The quantitative estimate of drug-likeness (QED) is 0.655. The van der Waals surface area contributed by atoms with Crippen LogP contribution in [0.25, 0.3) is 0 Å². The Morgan fingerprint density at radius 2 is 2.15 bits per heavy atom. The molecule has 2 fully saturated rings. The molecule has 2 rings (SSSR count). The lowest BCUT2D eigenvalue weighted by atomic mass is 9.82. The van der Waals surface area contributed by atoms with Crippen molar-refractivity contribution < 1.29 is 14.2 Å². The summed E-state index contributed by atoms with van der Waals surface area (Å²) in [6, 6.07) is 0. The van der Waals surface area contributed by atoms with Crippen molar-refractivity contribution in [1.29, 1.82) is 0 Å². The second-order valence-corrected chi connectivity index (χ2v) is 4.05. The highest BCUT2D eigenvalue weighted by atomic mass is 16.7. The summed E-state index contributed by atoms with van der Waals surface area (Å²) in [5.41, 5.74) is 0. The first kappa shape index (κ1) is 9.44. The van der Waals surface area contributed by atoms with E-state index in [-0.39, 0.29) is 12.2 Å². The Labute approximate surface area is 79.4 Å². The average molecular weight is 186 g/mol. The summed E-state index contributed by atoms with van der Waals surface area (Å²) in [5, 5.41) is 0. The third-order valence-electron chi connectivity index (χ3n) is 3.47. The fraction of sp³-hybridized carbons (Fsp3) is 1.00. The second kappa shape index (κ2) is 3.23. The number of rotatable bonds is 2. The van der Waals surface area contributed by atoms with Crippen LogP contribution in [0.4, 0.5) is 0 Å². The molecule has 4 atom stereocenters. The minimum absolute atomic E-state index is 0.126. The Bertz CT molecular complexity index is 195. The Balaban J connectivity index is 2.24. The number of fused-ring (bicyclic) bond motifs is 2. The molecule has 0 N–H and O–H groups in total. The molecular formula is C10H18O3. The van der Waals surface area contributed by atoms with Crippen molar-refractivity contribution in [2.75, 3.05) is 14.2 Å². The summed E-state index contributed by atoms with van der Waals surface area (Å²) >= 11 is 0. The molecule has 1 unspecified atom stereocenters. The predicted octanol–water partition coefficient (Wildman–Crippen LogP) is 1.56. The minimum atomic E-state index is -0.447. The van der Waals surface area contributed by atoms with Crippen molar-refractivity contribution >= 4 is 0 Å². The molecule has 1 aliphatic carbocycles. The highest BCUT2D eigenvalue weighted by Crippen LogP contribution is 2.47. The maximum absolute atomic E-state index is 5.88. The molecular weight excluding hydrogens is 168 g/mol. The summed E-state index contributed by atoms with van der Waals surface area (Å²) in [7, 11) is 3.46. The van der Waals surface area contributed by atoms with Crippen LogP contribution in [-0.4, -0.2) is 32.2 Å². The van der Waals surface area contributed by atoms with Crippen LogP contribution in [-0.2, 0) is 14.2 Å². The van der Waals surface area contributed by atoms with Crippen LogP contribution in [0.5, 0.6) is 0 Å². The molecule has 0 aromatic carbocycles. The molecule has 1 saturated carbocycles. The molecule has 76 valence electrons. The molecule has 1 aliphatic heterocycles. The Hall–Kier alpha value is -0.120. The maximum Gasteiger partial charge on any atom is 0.195 e. The van der Waals surface area contributed by atoms with Crippen LogP contribution in [0.3, 0.4) is 0 Å². The molecule has 2 bridgehead atoms. The van der Waals surface area contributed by atoms with E-state index < -0.39 is 5.79 Å². The number of hydrogen-bond acceptors (Lipinski definition) is 3. The maximum atomic E-state index is 5.88. The summed E-state index contributed by atoms with van der Waals surface area (Å²) in [4.78, 5) is 0. The first-order chi connectivity index (χ1) is 6.23. The van der Waals surface area contributed by atoms with Crippen molar-refractivity contribution in [2.24, 2.45) is 5.92 Å². The summed E-state index contributed by atoms with van der Waals surface area (Å²) < 4.78 is 16.9. The van der Waals surface area contributed by atoms with Gasteiger partial charge in [0, 0.05) is 26.6 Å². The van der Waals surface area contributed by atoms with Gasteiger partial charge in [0.05, 0.1) is 6.10 Å². The highest BCUT2D eigenvalue weighted by Gasteiger charge is 2.56. The van der Waals surface area contributed by atoms with Crippen molar-refractivity contribution in [2.45, 2.75) is 44.2 Å². The standard InChI is InChI=1S/C10H18O3/c1-7-8-5-4-6-10(12-3,13-7)9(8)11-2/h7-9H,4-6H2,1-3H3/t7-,8-,9?,10-/m0/s1. The van der Waals surface area contributed by atoms with Gasteiger partial charge in [-0.2, -0.15) is 0 Å². The molecule has 3 nitrogen and oxygen atoms in total. The molecule has 13 heavy (non-hydrogen) atoms. The number of hydrogen-bond donors (Lipinski definition) is 0. The lowest BCUT2D eigenvalue weighted by Crippen LogP contribution is -2.46. The lowest BCUT2D eigenvalue weighted by molar-refractivity contribution is -0.254. The third-order valence-corrected chi connectivity index (χ3v) is 3.47. The second-order valence-electron chi connectivity index (χ2n) is 4.05. The fourth-order valence-electron chi connectivity index (χ4n) is 2.83. The summed E-state index contributed by atoms with van der Waals surface area (Å²) in [5.74, 6) is 0.0653. The first-order valence-electron chi connectivity index (χ1n) is 4.99. The highest BCUT2D eigenvalue weighted by molar-refractivity contribution is 4.99. The molecule has 2 aliphatic rings. The van der Waals surface area contributed by atoms with Crippen LogP contribution in [0.2, 0.25) is 0 Å². The van der Waals surface area contributed by atoms with Gasteiger partial charge < -0.3 is 14.2 Å². The van der Waals surface area contributed by atoms with Crippen molar-refractivity contribution in [3.63, 3.8) is 0 Å². The van der Waals surface area contributed by atoms with Gasteiger partial charge >= 0.3 is 0 Å². The van der Waals surface area contributed by atoms with E-state index >= 15 is 0 Å². The van der Waals surface area contributed by atoms with Gasteiger partial charge in [-0.3, -0.25) is 0 Å². The molecule has 0 spiro atoms. The predicted molar refractivity (Wildman–Crippen MR) is 48.4 cm³/mol. The molecule has 1 heterocycles. The molecule has 0 radical (unpaired) electrons. The van der Waals surface area contributed by atoms with Crippen LogP contribution < -0.4 is 0 Å².